The first kappa shape index (κ1) is 16.2. The summed E-state index contributed by atoms with van der Waals surface area (Å²) >= 11 is 0. The molecule has 0 radical (unpaired) electrons. The van der Waals surface area contributed by atoms with Gasteiger partial charge < -0.3 is 5.32 Å². The summed E-state index contributed by atoms with van der Waals surface area (Å²) in [6.45, 7) is 3.50. The highest BCUT2D eigenvalue weighted by Crippen LogP contribution is 2.22. The first-order chi connectivity index (χ1) is 10.2. The second-order valence-corrected chi connectivity index (χ2v) is 7.28. The number of sulfonamides is 1. The van der Waals surface area contributed by atoms with Gasteiger partial charge in [0.2, 0.25) is 10.0 Å². The number of benzene rings is 1. The third-order valence-corrected chi connectivity index (χ3v) is 5.10. The molecule has 0 bridgehead atoms. The number of carbonyl (C=O) groups is 1. The Balaban J connectivity index is 2.32. The lowest BCUT2D eigenvalue weighted by Crippen LogP contribution is -2.23. The lowest BCUT2D eigenvalue weighted by Gasteiger charge is -2.15. The lowest BCUT2D eigenvalue weighted by atomic mass is 10.2. The minimum absolute atomic E-state index is 0.161. The van der Waals surface area contributed by atoms with Crippen molar-refractivity contribution in [2.45, 2.75) is 18.7 Å². The predicted molar refractivity (Wildman–Crippen MR) is 83.3 cm³/mol. The fourth-order valence-corrected chi connectivity index (χ4v) is 3.03. The number of hydrogen-bond acceptors (Lipinski definition) is 4. The van der Waals surface area contributed by atoms with Gasteiger partial charge in [-0.2, -0.15) is 5.10 Å². The highest BCUT2D eigenvalue weighted by atomic mass is 32.2. The van der Waals surface area contributed by atoms with Crippen LogP contribution in [0, 0.1) is 13.8 Å². The van der Waals surface area contributed by atoms with E-state index in [1.54, 1.807) is 32.0 Å². The molecule has 0 fully saturated rings. The van der Waals surface area contributed by atoms with Crippen molar-refractivity contribution >= 4 is 21.6 Å². The van der Waals surface area contributed by atoms with E-state index < -0.39 is 15.9 Å². The van der Waals surface area contributed by atoms with E-state index in [0.717, 1.165) is 10.00 Å². The minimum atomic E-state index is -3.57. The number of amides is 1. The Bertz CT molecular complexity index is 809. The number of H-pyrrole nitrogens is 1. The van der Waals surface area contributed by atoms with Crippen molar-refractivity contribution < 1.29 is 13.2 Å². The Labute approximate surface area is 129 Å². The third-order valence-electron chi connectivity index (χ3n) is 3.14. The number of nitrogens with zero attached hydrogens (tertiary/aromatic N) is 2. The van der Waals surface area contributed by atoms with Crippen molar-refractivity contribution in [3.8, 4) is 0 Å². The fourth-order valence-electron chi connectivity index (χ4n) is 1.88. The Kier molecular flexibility index (Phi) is 4.34. The number of anilines is 1. The minimum Gasteiger partial charge on any atom is -0.321 e. The number of aryl methyl sites for hydroxylation is 2. The fraction of sp³-hybridized carbons (Fsp3) is 0.286. The SMILES string of the molecule is Cc1cc(C(=O)Nc2ccc(C)c(S(=O)(=O)N(C)C)c2)n[nH]1. The second-order valence-electron chi connectivity index (χ2n) is 5.16. The maximum atomic E-state index is 12.3. The van der Waals surface area contributed by atoms with Crippen LogP contribution in [0.1, 0.15) is 21.7 Å². The summed E-state index contributed by atoms with van der Waals surface area (Å²) < 4.78 is 25.7. The van der Waals surface area contributed by atoms with Crippen LogP contribution in [0.15, 0.2) is 29.2 Å². The number of nitrogens with one attached hydrogen (secondary N) is 2. The van der Waals surface area contributed by atoms with Crippen molar-refractivity contribution in [1.29, 1.82) is 0 Å². The van der Waals surface area contributed by atoms with Gasteiger partial charge in [-0.25, -0.2) is 12.7 Å². The number of aromatic nitrogens is 2. The van der Waals surface area contributed by atoms with Crippen LogP contribution in [-0.4, -0.2) is 42.9 Å². The Morgan fingerprint density at radius 3 is 2.45 bits per heavy atom. The van der Waals surface area contributed by atoms with Crippen LogP contribution in [-0.2, 0) is 10.0 Å². The molecule has 1 aromatic carbocycles. The van der Waals surface area contributed by atoms with Crippen molar-refractivity contribution in [3.05, 3.63) is 41.2 Å². The first-order valence-electron chi connectivity index (χ1n) is 6.58. The van der Waals surface area contributed by atoms with Gasteiger partial charge >= 0.3 is 0 Å². The van der Waals surface area contributed by atoms with Gasteiger partial charge in [-0.1, -0.05) is 6.07 Å². The molecular weight excluding hydrogens is 304 g/mol. The van der Waals surface area contributed by atoms with E-state index in [2.05, 4.69) is 15.5 Å². The van der Waals surface area contributed by atoms with Crippen LogP contribution in [0.3, 0.4) is 0 Å². The van der Waals surface area contributed by atoms with Crippen molar-refractivity contribution in [2.24, 2.45) is 0 Å². The monoisotopic (exact) mass is 322 g/mol. The van der Waals surface area contributed by atoms with Gasteiger partial charge in [-0.3, -0.25) is 9.89 Å². The maximum absolute atomic E-state index is 12.3. The van der Waals surface area contributed by atoms with E-state index in [9.17, 15) is 13.2 Å². The molecular formula is C14H18N4O3S. The molecule has 118 valence electrons. The molecule has 0 aliphatic carbocycles. The zero-order valence-corrected chi connectivity index (χ0v) is 13.7. The van der Waals surface area contributed by atoms with E-state index in [1.165, 1.54) is 20.2 Å². The number of carbonyl (C=O) groups excluding carboxylic acids is 1. The molecule has 0 atom stereocenters. The summed E-state index contributed by atoms with van der Waals surface area (Å²) in [7, 11) is -0.637. The molecule has 0 unspecified atom stereocenters. The zero-order chi connectivity index (χ0) is 16.5. The van der Waals surface area contributed by atoms with Gasteiger partial charge in [0.15, 0.2) is 5.69 Å². The molecule has 2 aromatic rings. The smallest absolute Gasteiger partial charge is 0.276 e. The number of aromatic amines is 1. The Hall–Kier alpha value is -2.19. The quantitative estimate of drug-likeness (QED) is 0.892. The Morgan fingerprint density at radius 1 is 1.23 bits per heavy atom. The van der Waals surface area contributed by atoms with E-state index in [0.29, 0.717) is 11.3 Å². The van der Waals surface area contributed by atoms with Gasteiger partial charge in [0.05, 0.1) is 4.90 Å². The number of hydrogen-bond donors (Lipinski definition) is 2. The Morgan fingerprint density at radius 2 is 1.91 bits per heavy atom. The summed E-state index contributed by atoms with van der Waals surface area (Å²) in [5, 5.41) is 9.19. The van der Waals surface area contributed by atoms with Crippen molar-refractivity contribution in [1.82, 2.24) is 14.5 Å². The average Bonchev–Trinajstić information content (AvgIpc) is 2.87. The second kappa shape index (κ2) is 5.90. The van der Waals surface area contributed by atoms with Crippen LogP contribution < -0.4 is 5.32 Å². The largest absolute Gasteiger partial charge is 0.321 e. The lowest BCUT2D eigenvalue weighted by molar-refractivity contribution is 0.102. The van der Waals surface area contributed by atoms with Gasteiger partial charge in [0.25, 0.3) is 5.91 Å². The highest BCUT2D eigenvalue weighted by Gasteiger charge is 2.20. The van der Waals surface area contributed by atoms with Crippen molar-refractivity contribution in [3.63, 3.8) is 0 Å². The molecule has 0 spiro atoms. The van der Waals surface area contributed by atoms with E-state index in [4.69, 9.17) is 0 Å². The van der Waals surface area contributed by atoms with Crippen LogP contribution in [0.25, 0.3) is 0 Å². The molecule has 22 heavy (non-hydrogen) atoms. The zero-order valence-electron chi connectivity index (χ0n) is 12.8. The van der Waals surface area contributed by atoms with Crippen LogP contribution in [0.2, 0.25) is 0 Å². The summed E-state index contributed by atoms with van der Waals surface area (Å²) in [6.07, 6.45) is 0. The molecule has 2 rings (SSSR count). The molecule has 1 amide bonds. The number of rotatable bonds is 4. The predicted octanol–water partition coefficient (Wildman–Crippen LogP) is 1.53. The van der Waals surface area contributed by atoms with Crippen LogP contribution >= 0.6 is 0 Å². The van der Waals surface area contributed by atoms with Crippen LogP contribution in [0.4, 0.5) is 5.69 Å². The van der Waals surface area contributed by atoms with E-state index in [-0.39, 0.29) is 10.6 Å². The van der Waals surface area contributed by atoms with Gasteiger partial charge in [0, 0.05) is 25.5 Å². The molecule has 0 saturated carbocycles. The van der Waals surface area contributed by atoms with E-state index in [1.807, 2.05) is 0 Å². The molecule has 2 N–H and O–H groups in total. The molecule has 0 saturated heterocycles. The molecule has 1 heterocycles. The standard InChI is InChI=1S/C14H18N4O3S/c1-9-5-6-11(8-13(9)22(20,21)18(3)4)15-14(19)12-7-10(2)16-17-12/h5-8H,1-4H3,(H,15,19)(H,16,17). The van der Waals surface area contributed by atoms with Crippen molar-refractivity contribution in [2.75, 3.05) is 19.4 Å². The van der Waals surface area contributed by atoms with Crippen LogP contribution in [0.5, 0.6) is 0 Å². The first-order valence-corrected chi connectivity index (χ1v) is 8.02. The average molecular weight is 322 g/mol. The molecule has 1 aromatic heterocycles. The summed E-state index contributed by atoms with van der Waals surface area (Å²) in [5.74, 6) is -0.401. The normalized spacial score (nSPS) is 11.7. The maximum Gasteiger partial charge on any atom is 0.276 e. The molecule has 7 nitrogen and oxygen atoms in total. The van der Waals surface area contributed by atoms with Gasteiger partial charge in [0.1, 0.15) is 0 Å². The summed E-state index contributed by atoms with van der Waals surface area (Å²) in [5.41, 5.74) is 2.03. The summed E-state index contributed by atoms with van der Waals surface area (Å²) in [4.78, 5) is 12.2. The van der Waals surface area contributed by atoms with E-state index >= 15 is 0 Å². The highest BCUT2D eigenvalue weighted by molar-refractivity contribution is 7.89. The molecule has 0 aliphatic heterocycles. The van der Waals surface area contributed by atoms with Gasteiger partial charge in [-0.05, 0) is 37.6 Å². The molecule has 0 aliphatic rings. The third kappa shape index (κ3) is 3.18. The van der Waals surface area contributed by atoms with Gasteiger partial charge in [-0.15, -0.1) is 0 Å². The molecule has 8 heteroatoms. The summed E-state index contributed by atoms with van der Waals surface area (Å²) in [6, 6.07) is 6.37. The topological polar surface area (TPSA) is 95.2 Å².